The highest BCUT2D eigenvalue weighted by molar-refractivity contribution is 5.81. The van der Waals surface area contributed by atoms with Crippen LogP contribution in [0.5, 0.6) is 0 Å². The van der Waals surface area contributed by atoms with Crippen molar-refractivity contribution in [3.8, 4) is 6.07 Å². The van der Waals surface area contributed by atoms with E-state index in [0.29, 0.717) is 5.56 Å². The molecule has 0 heterocycles. The molecule has 17 heavy (non-hydrogen) atoms. The van der Waals surface area contributed by atoms with Crippen molar-refractivity contribution >= 4 is 5.97 Å². The largest absolute Gasteiger partial charge is 0.459 e. The van der Waals surface area contributed by atoms with Gasteiger partial charge < -0.3 is 4.74 Å². The molecule has 1 atom stereocenters. The first-order valence-corrected chi connectivity index (χ1v) is 5.52. The van der Waals surface area contributed by atoms with Crippen LogP contribution in [0.1, 0.15) is 37.8 Å². The highest BCUT2D eigenvalue weighted by Crippen LogP contribution is 2.20. The fourth-order valence-electron chi connectivity index (χ4n) is 1.38. The van der Waals surface area contributed by atoms with Crippen LogP contribution >= 0.6 is 0 Å². The lowest BCUT2D eigenvalue weighted by Crippen LogP contribution is -2.27. The summed E-state index contributed by atoms with van der Waals surface area (Å²) in [4.78, 5) is 11.8. The van der Waals surface area contributed by atoms with Crippen LogP contribution in [-0.2, 0) is 9.53 Å². The van der Waals surface area contributed by atoms with E-state index < -0.39 is 17.5 Å². The molecule has 0 N–H and O–H groups in total. The molecular weight excluding hydrogens is 214 g/mol. The summed E-state index contributed by atoms with van der Waals surface area (Å²) in [7, 11) is 0. The Morgan fingerprint density at radius 2 is 1.82 bits per heavy atom. The maximum atomic E-state index is 11.8. The average Bonchev–Trinajstić information content (AvgIpc) is 2.19. The van der Waals surface area contributed by atoms with E-state index in [2.05, 4.69) is 0 Å². The van der Waals surface area contributed by atoms with Crippen LogP contribution in [0.2, 0.25) is 0 Å². The molecule has 0 radical (unpaired) electrons. The van der Waals surface area contributed by atoms with E-state index >= 15 is 0 Å². The molecule has 0 aliphatic carbocycles. The number of benzene rings is 1. The molecule has 1 aromatic carbocycles. The molecule has 90 valence electrons. The molecule has 0 aliphatic heterocycles. The molecule has 0 saturated heterocycles. The van der Waals surface area contributed by atoms with E-state index in [1.54, 1.807) is 32.9 Å². The third-order valence-corrected chi connectivity index (χ3v) is 2.18. The second-order valence-electron chi connectivity index (χ2n) is 5.01. The number of hydrogen-bond acceptors (Lipinski definition) is 3. The highest BCUT2D eigenvalue weighted by Gasteiger charge is 2.26. The Bertz CT molecular complexity index is 435. The number of rotatable bonds is 2. The van der Waals surface area contributed by atoms with Crippen molar-refractivity contribution < 1.29 is 9.53 Å². The molecule has 0 fully saturated rings. The van der Waals surface area contributed by atoms with Gasteiger partial charge in [-0.15, -0.1) is 0 Å². The minimum Gasteiger partial charge on any atom is -0.459 e. The topological polar surface area (TPSA) is 50.1 Å². The molecule has 3 nitrogen and oxygen atoms in total. The van der Waals surface area contributed by atoms with Gasteiger partial charge in [-0.25, -0.2) is 0 Å². The summed E-state index contributed by atoms with van der Waals surface area (Å²) in [6.45, 7) is 7.32. The second kappa shape index (κ2) is 5.01. The van der Waals surface area contributed by atoms with E-state index in [-0.39, 0.29) is 0 Å². The predicted molar refractivity (Wildman–Crippen MR) is 65.4 cm³/mol. The van der Waals surface area contributed by atoms with Crippen molar-refractivity contribution in [3.05, 3.63) is 35.4 Å². The van der Waals surface area contributed by atoms with E-state index in [0.717, 1.165) is 5.56 Å². The summed E-state index contributed by atoms with van der Waals surface area (Å²) in [6, 6.07) is 9.31. The van der Waals surface area contributed by atoms with E-state index in [4.69, 9.17) is 10.00 Å². The van der Waals surface area contributed by atoms with Crippen molar-refractivity contribution in [2.24, 2.45) is 0 Å². The monoisotopic (exact) mass is 231 g/mol. The number of ether oxygens (including phenoxy) is 1. The lowest BCUT2D eigenvalue weighted by molar-refractivity contribution is -0.155. The van der Waals surface area contributed by atoms with Crippen molar-refractivity contribution in [3.63, 3.8) is 0 Å². The maximum Gasteiger partial charge on any atom is 0.328 e. The lowest BCUT2D eigenvalue weighted by atomic mass is 9.99. The van der Waals surface area contributed by atoms with Crippen molar-refractivity contribution in [2.45, 2.75) is 39.2 Å². The summed E-state index contributed by atoms with van der Waals surface area (Å²) in [5.74, 6) is -1.35. The van der Waals surface area contributed by atoms with E-state index in [1.807, 2.05) is 25.1 Å². The molecule has 0 saturated carbocycles. The smallest absolute Gasteiger partial charge is 0.328 e. The van der Waals surface area contributed by atoms with Gasteiger partial charge in [0.2, 0.25) is 0 Å². The fraction of sp³-hybridized carbons (Fsp3) is 0.429. The Kier molecular flexibility index (Phi) is 3.90. The average molecular weight is 231 g/mol. The van der Waals surface area contributed by atoms with Crippen LogP contribution in [0.3, 0.4) is 0 Å². The second-order valence-corrected chi connectivity index (χ2v) is 5.01. The Labute approximate surface area is 102 Å². The van der Waals surface area contributed by atoms with Crippen molar-refractivity contribution in [1.82, 2.24) is 0 Å². The molecule has 3 heteroatoms. The number of carbonyl (C=O) groups excluding carboxylic acids is 1. The number of esters is 1. The zero-order valence-corrected chi connectivity index (χ0v) is 10.7. The number of nitriles is 1. The number of aryl methyl sites for hydroxylation is 1. The summed E-state index contributed by atoms with van der Waals surface area (Å²) in [5, 5.41) is 9.07. The van der Waals surface area contributed by atoms with Gasteiger partial charge in [0.05, 0.1) is 6.07 Å². The van der Waals surface area contributed by atoms with E-state index in [1.165, 1.54) is 0 Å². The Balaban J connectivity index is 2.90. The van der Waals surface area contributed by atoms with E-state index in [9.17, 15) is 4.79 Å². The van der Waals surface area contributed by atoms with Crippen LogP contribution < -0.4 is 0 Å². The van der Waals surface area contributed by atoms with Gasteiger partial charge in [-0.05, 0) is 33.3 Å². The fourth-order valence-corrected chi connectivity index (χ4v) is 1.38. The summed E-state index contributed by atoms with van der Waals surface area (Å²) in [6.07, 6.45) is 0. The van der Waals surface area contributed by atoms with Gasteiger partial charge in [-0.1, -0.05) is 29.8 Å². The third-order valence-electron chi connectivity index (χ3n) is 2.18. The van der Waals surface area contributed by atoms with Crippen LogP contribution in [0.25, 0.3) is 0 Å². The molecule has 0 aliphatic rings. The molecule has 0 bridgehead atoms. The first-order chi connectivity index (χ1) is 7.83. The number of nitrogens with zero attached hydrogens (tertiary/aromatic N) is 1. The first-order valence-electron chi connectivity index (χ1n) is 5.52. The summed E-state index contributed by atoms with van der Waals surface area (Å²) in [5.41, 5.74) is 1.19. The highest BCUT2D eigenvalue weighted by atomic mass is 16.6. The Morgan fingerprint density at radius 3 is 2.24 bits per heavy atom. The molecular formula is C14H17NO2. The minimum atomic E-state index is -0.852. The van der Waals surface area contributed by atoms with Crippen LogP contribution in [0.4, 0.5) is 0 Å². The molecule has 0 spiro atoms. The van der Waals surface area contributed by atoms with Crippen LogP contribution in [-0.4, -0.2) is 11.6 Å². The Hall–Kier alpha value is -1.82. The zero-order chi connectivity index (χ0) is 13.1. The summed E-state index contributed by atoms with van der Waals surface area (Å²) < 4.78 is 5.21. The zero-order valence-electron chi connectivity index (χ0n) is 10.7. The van der Waals surface area contributed by atoms with Gasteiger partial charge in [0.15, 0.2) is 5.92 Å². The van der Waals surface area contributed by atoms with Gasteiger partial charge in [0, 0.05) is 0 Å². The molecule has 1 aromatic rings. The van der Waals surface area contributed by atoms with Gasteiger partial charge in [0.25, 0.3) is 0 Å². The standard InChI is InChI=1S/C14H17NO2/c1-10-5-7-11(8-6-10)12(9-15)13(16)17-14(2,3)4/h5-8,12H,1-4H3. The molecule has 0 aromatic heterocycles. The summed E-state index contributed by atoms with van der Waals surface area (Å²) >= 11 is 0. The van der Waals surface area contributed by atoms with Gasteiger partial charge >= 0.3 is 5.97 Å². The molecule has 0 amide bonds. The van der Waals surface area contributed by atoms with Crippen LogP contribution in [0.15, 0.2) is 24.3 Å². The van der Waals surface area contributed by atoms with Crippen molar-refractivity contribution in [1.29, 1.82) is 5.26 Å². The maximum absolute atomic E-state index is 11.8. The quantitative estimate of drug-likeness (QED) is 0.735. The normalized spacial score (nSPS) is 12.6. The van der Waals surface area contributed by atoms with Gasteiger partial charge in [0.1, 0.15) is 5.60 Å². The van der Waals surface area contributed by atoms with Gasteiger partial charge in [-0.2, -0.15) is 5.26 Å². The van der Waals surface area contributed by atoms with Crippen LogP contribution in [0, 0.1) is 18.3 Å². The lowest BCUT2D eigenvalue weighted by Gasteiger charge is -2.21. The predicted octanol–water partition coefficient (Wildman–Crippen LogP) is 2.94. The van der Waals surface area contributed by atoms with Crippen molar-refractivity contribution in [2.75, 3.05) is 0 Å². The molecule has 1 unspecified atom stereocenters. The third kappa shape index (κ3) is 3.92. The Morgan fingerprint density at radius 1 is 1.29 bits per heavy atom. The van der Waals surface area contributed by atoms with Gasteiger partial charge in [-0.3, -0.25) is 4.79 Å². The minimum absolute atomic E-state index is 0.496. The number of hydrogen-bond donors (Lipinski definition) is 0. The molecule has 1 rings (SSSR count). The number of carbonyl (C=O) groups is 1. The SMILES string of the molecule is Cc1ccc(C(C#N)C(=O)OC(C)(C)C)cc1. The first kappa shape index (κ1) is 13.2.